The molecule has 1 saturated heterocycles. The molecule has 0 spiro atoms. The van der Waals surface area contributed by atoms with E-state index in [0.717, 1.165) is 31.9 Å². The van der Waals surface area contributed by atoms with Crippen molar-refractivity contribution >= 4 is 23.2 Å². The van der Waals surface area contributed by atoms with E-state index in [4.69, 9.17) is 33.7 Å². The highest BCUT2D eigenvalue weighted by molar-refractivity contribution is 6.42. The molecular weight excluding hydrogens is 283 g/mol. The summed E-state index contributed by atoms with van der Waals surface area (Å²) >= 11 is 12.0. The summed E-state index contributed by atoms with van der Waals surface area (Å²) in [5.41, 5.74) is 7.29. The Morgan fingerprint density at radius 1 is 1.21 bits per heavy atom. The van der Waals surface area contributed by atoms with Crippen LogP contribution in [-0.4, -0.2) is 36.7 Å². The molecule has 0 aromatic heterocycles. The van der Waals surface area contributed by atoms with Gasteiger partial charge in [0.2, 0.25) is 0 Å². The standard InChI is InChI=1S/C14H20Cl2N2O/c1-14(2,18-5-7-19-8-6-18)13(17)10-3-4-11(15)12(16)9-10/h3-4,9,13H,5-8,17H2,1-2H3. The van der Waals surface area contributed by atoms with Crippen LogP contribution in [0.15, 0.2) is 18.2 Å². The Kier molecular flexibility index (Phi) is 4.75. The summed E-state index contributed by atoms with van der Waals surface area (Å²) in [6.45, 7) is 7.65. The summed E-state index contributed by atoms with van der Waals surface area (Å²) in [4.78, 5) is 2.36. The summed E-state index contributed by atoms with van der Waals surface area (Å²) in [6.07, 6.45) is 0. The number of nitrogens with zero attached hydrogens (tertiary/aromatic N) is 1. The molecule has 2 rings (SSSR count). The number of hydrogen-bond donors (Lipinski definition) is 1. The molecule has 1 atom stereocenters. The van der Waals surface area contributed by atoms with Gasteiger partial charge >= 0.3 is 0 Å². The van der Waals surface area contributed by atoms with Crippen molar-refractivity contribution in [2.24, 2.45) is 5.73 Å². The minimum Gasteiger partial charge on any atom is -0.379 e. The normalized spacial score (nSPS) is 19.4. The Morgan fingerprint density at radius 2 is 1.84 bits per heavy atom. The number of morpholine rings is 1. The maximum absolute atomic E-state index is 6.44. The molecule has 5 heteroatoms. The number of rotatable bonds is 3. The maximum Gasteiger partial charge on any atom is 0.0595 e. The van der Waals surface area contributed by atoms with E-state index in [-0.39, 0.29) is 11.6 Å². The average Bonchev–Trinajstić information content (AvgIpc) is 2.42. The Hall–Kier alpha value is -0.320. The first kappa shape index (κ1) is 15.1. The zero-order valence-electron chi connectivity index (χ0n) is 11.3. The van der Waals surface area contributed by atoms with Gasteiger partial charge in [-0.3, -0.25) is 4.90 Å². The molecule has 1 aliphatic heterocycles. The highest BCUT2D eigenvalue weighted by atomic mass is 35.5. The number of halogens is 2. The fourth-order valence-corrected chi connectivity index (χ4v) is 2.76. The van der Waals surface area contributed by atoms with Gasteiger partial charge in [0.25, 0.3) is 0 Å². The van der Waals surface area contributed by atoms with Gasteiger partial charge in [-0.25, -0.2) is 0 Å². The minimum absolute atomic E-state index is 0.125. The monoisotopic (exact) mass is 302 g/mol. The number of ether oxygens (including phenoxy) is 1. The Bertz CT molecular complexity index is 445. The second kappa shape index (κ2) is 5.98. The molecule has 0 amide bonds. The van der Waals surface area contributed by atoms with E-state index in [1.807, 2.05) is 12.1 Å². The Morgan fingerprint density at radius 3 is 2.42 bits per heavy atom. The first-order valence-corrected chi connectivity index (χ1v) is 7.22. The van der Waals surface area contributed by atoms with E-state index < -0.39 is 0 Å². The third-order valence-corrected chi connectivity index (χ3v) is 4.63. The van der Waals surface area contributed by atoms with Crippen molar-refractivity contribution in [3.05, 3.63) is 33.8 Å². The van der Waals surface area contributed by atoms with Crippen LogP contribution in [-0.2, 0) is 4.74 Å². The fourth-order valence-electron chi connectivity index (χ4n) is 2.45. The summed E-state index contributed by atoms with van der Waals surface area (Å²) in [6, 6.07) is 5.48. The van der Waals surface area contributed by atoms with Crippen LogP contribution in [0.2, 0.25) is 10.0 Å². The number of nitrogens with two attached hydrogens (primary N) is 1. The van der Waals surface area contributed by atoms with E-state index >= 15 is 0 Å². The number of benzene rings is 1. The van der Waals surface area contributed by atoms with Crippen LogP contribution in [0.3, 0.4) is 0 Å². The van der Waals surface area contributed by atoms with Crippen LogP contribution in [0.5, 0.6) is 0 Å². The SMILES string of the molecule is CC(C)(C(N)c1ccc(Cl)c(Cl)c1)N1CCOCC1. The van der Waals surface area contributed by atoms with Crippen LogP contribution >= 0.6 is 23.2 Å². The smallest absolute Gasteiger partial charge is 0.0595 e. The topological polar surface area (TPSA) is 38.5 Å². The lowest BCUT2D eigenvalue weighted by Gasteiger charge is -2.44. The summed E-state index contributed by atoms with van der Waals surface area (Å²) in [5.74, 6) is 0. The molecule has 1 aromatic rings. The van der Waals surface area contributed by atoms with E-state index in [1.165, 1.54) is 0 Å². The van der Waals surface area contributed by atoms with Crippen molar-refractivity contribution in [3.63, 3.8) is 0 Å². The molecule has 1 fully saturated rings. The molecule has 0 saturated carbocycles. The highest BCUT2D eigenvalue weighted by Gasteiger charge is 2.35. The van der Waals surface area contributed by atoms with Gasteiger partial charge in [0, 0.05) is 24.7 Å². The molecule has 1 unspecified atom stereocenters. The second-order valence-electron chi connectivity index (χ2n) is 5.40. The van der Waals surface area contributed by atoms with Crippen LogP contribution < -0.4 is 5.73 Å². The molecule has 2 N–H and O–H groups in total. The van der Waals surface area contributed by atoms with Crippen LogP contribution in [0, 0.1) is 0 Å². The predicted octanol–water partition coefficient (Wildman–Crippen LogP) is 3.10. The van der Waals surface area contributed by atoms with Gasteiger partial charge in [-0.15, -0.1) is 0 Å². The maximum atomic E-state index is 6.44. The first-order chi connectivity index (χ1) is 8.93. The summed E-state index contributed by atoms with van der Waals surface area (Å²) in [5, 5.41) is 1.11. The van der Waals surface area contributed by atoms with Crippen molar-refractivity contribution in [2.75, 3.05) is 26.3 Å². The molecule has 0 bridgehead atoms. The van der Waals surface area contributed by atoms with Gasteiger partial charge in [-0.2, -0.15) is 0 Å². The van der Waals surface area contributed by atoms with Gasteiger partial charge in [0.05, 0.1) is 23.3 Å². The quantitative estimate of drug-likeness (QED) is 0.932. The first-order valence-electron chi connectivity index (χ1n) is 6.46. The Balaban J connectivity index is 2.20. The van der Waals surface area contributed by atoms with Crippen molar-refractivity contribution in [2.45, 2.75) is 25.4 Å². The zero-order valence-corrected chi connectivity index (χ0v) is 12.8. The lowest BCUT2D eigenvalue weighted by molar-refractivity contribution is -0.0190. The fraction of sp³-hybridized carbons (Fsp3) is 0.571. The molecule has 3 nitrogen and oxygen atoms in total. The van der Waals surface area contributed by atoms with Gasteiger partial charge < -0.3 is 10.5 Å². The van der Waals surface area contributed by atoms with Gasteiger partial charge in [-0.1, -0.05) is 29.3 Å². The molecule has 19 heavy (non-hydrogen) atoms. The van der Waals surface area contributed by atoms with Crippen molar-refractivity contribution in [3.8, 4) is 0 Å². The van der Waals surface area contributed by atoms with Crippen LogP contribution in [0.25, 0.3) is 0 Å². The van der Waals surface area contributed by atoms with Gasteiger partial charge in [0.15, 0.2) is 0 Å². The van der Waals surface area contributed by atoms with Gasteiger partial charge in [-0.05, 0) is 31.5 Å². The number of hydrogen-bond acceptors (Lipinski definition) is 3. The van der Waals surface area contributed by atoms with E-state index in [1.54, 1.807) is 6.07 Å². The largest absolute Gasteiger partial charge is 0.379 e. The molecule has 1 heterocycles. The van der Waals surface area contributed by atoms with E-state index in [9.17, 15) is 0 Å². The molecular formula is C14H20Cl2N2O. The van der Waals surface area contributed by atoms with Crippen LogP contribution in [0.4, 0.5) is 0 Å². The van der Waals surface area contributed by atoms with Gasteiger partial charge in [0.1, 0.15) is 0 Å². The summed E-state index contributed by atoms with van der Waals surface area (Å²) in [7, 11) is 0. The van der Waals surface area contributed by atoms with Crippen LogP contribution in [0.1, 0.15) is 25.5 Å². The van der Waals surface area contributed by atoms with E-state index in [2.05, 4.69) is 18.7 Å². The highest BCUT2D eigenvalue weighted by Crippen LogP contribution is 2.32. The predicted molar refractivity (Wildman–Crippen MR) is 79.9 cm³/mol. The molecule has 1 aliphatic rings. The Labute approximate surface area is 124 Å². The third kappa shape index (κ3) is 3.23. The molecule has 106 valence electrons. The summed E-state index contributed by atoms with van der Waals surface area (Å²) < 4.78 is 5.39. The minimum atomic E-state index is -0.152. The lowest BCUT2D eigenvalue weighted by atomic mass is 9.87. The average molecular weight is 303 g/mol. The zero-order chi connectivity index (χ0) is 14.0. The molecule has 0 radical (unpaired) electrons. The third-order valence-electron chi connectivity index (χ3n) is 3.89. The van der Waals surface area contributed by atoms with Crippen molar-refractivity contribution in [1.82, 2.24) is 4.90 Å². The molecule has 0 aliphatic carbocycles. The van der Waals surface area contributed by atoms with Crippen molar-refractivity contribution in [1.29, 1.82) is 0 Å². The van der Waals surface area contributed by atoms with Crippen molar-refractivity contribution < 1.29 is 4.74 Å². The molecule has 1 aromatic carbocycles. The second-order valence-corrected chi connectivity index (χ2v) is 6.22. The lowest BCUT2D eigenvalue weighted by Crippen LogP contribution is -2.55. The van der Waals surface area contributed by atoms with E-state index in [0.29, 0.717) is 10.0 Å².